The van der Waals surface area contributed by atoms with Crippen molar-refractivity contribution in [3.8, 4) is 0 Å². The van der Waals surface area contributed by atoms with Crippen LogP contribution in [0.25, 0.3) is 6.08 Å². The molecule has 4 N–H and O–H groups in total. The van der Waals surface area contributed by atoms with E-state index in [1.807, 2.05) is 11.9 Å². The lowest BCUT2D eigenvalue weighted by Crippen LogP contribution is -2.36. The molecule has 0 radical (unpaired) electrons. The minimum Gasteiger partial charge on any atom is -0.467 e. The Morgan fingerprint density at radius 3 is 2.63 bits per heavy atom. The second kappa shape index (κ2) is 8.67. The Balaban J connectivity index is 1.96. The minimum absolute atomic E-state index is 0.0778. The molecule has 0 spiro atoms. The van der Waals surface area contributed by atoms with Gasteiger partial charge in [-0.15, -0.1) is 11.6 Å². The molecule has 9 heteroatoms. The van der Waals surface area contributed by atoms with E-state index in [-0.39, 0.29) is 11.2 Å². The third-order valence-corrected chi connectivity index (χ3v) is 4.41. The van der Waals surface area contributed by atoms with Crippen molar-refractivity contribution in [2.75, 3.05) is 20.1 Å². The Bertz CT molecular complexity index is 718. The second-order valence-electron chi connectivity index (χ2n) is 6.36. The Labute approximate surface area is 161 Å². The Kier molecular flexibility index (Phi) is 6.78. The maximum atomic E-state index is 12.6. The maximum Gasteiger partial charge on any atom is 0.416 e. The van der Waals surface area contributed by atoms with E-state index in [9.17, 15) is 13.2 Å². The lowest BCUT2D eigenvalue weighted by molar-refractivity contribution is -0.137. The number of nitrogens with zero attached hydrogens (tertiary/aromatic N) is 1. The molecule has 1 aliphatic heterocycles. The summed E-state index contributed by atoms with van der Waals surface area (Å²) in [7, 11) is 1.84. The highest BCUT2D eigenvalue weighted by atomic mass is 35.5. The average Bonchev–Trinajstić information content (AvgIpc) is 2.92. The van der Waals surface area contributed by atoms with Gasteiger partial charge in [0.15, 0.2) is 6.23 Å². The number of likely N-dealkylation sites (N-methyl/N-ethyl adjacent to an activating group) is 1. The smallest absolute Gasteiger partial charge is 0.416 e. The number of ether oxygens (including phenoxy) is 1. The molecule has 148 valence electrons. The Morgan fingerprint density at radius 2 is 2.07 bits per heavy atom. The first-order chi connectivity index (χ1) is 12.6. The summed E-state index contributed by atoms with van der Waals surface area (Å²) >= 11 is 6.38. The van der Waals surface area contributed by atoms with Crippen LogP contribution in [0.15, 0.2) is 42.3 Å². The van der Waals surface area contributed by atoms with E-state index < -0.39 is 18.0 Å². The largest absolute Gasteiger partial charge is 0.467 e. The van der Waals surface area contributed by atoms with Gasteiger partial charge in [-0.25, -0.2) is 0 Å². The summed E-state index contributed by atoms with van der Waals surface area (Å²) in [6.07, 6.45) is -2.66. The lowest BCUT2D eigenvalue weighted by Gasteiger charge is -2.21. The van der Waals surface area contributed by atoms with Gasteiger partial charge in [-0.3, -0.25) is 10.3 Å². The van der Waals surface area contributed by atoms with Crippen LogP contribution in [0.3, 0.4) is 0 Å². The fraction of sp³-hybridized carbons (Fsp3) is 0.389. The van der Waals surface area contributed by atoms with E-state index in [1.54, 1.807) is 6.08 Å². The Morgan fingerprint density at radius 1 is 1.44 bits per heavy atom. The molecule has 0 saturated carbocycles. The van der Waals surface area contributed by atoms with Crippen LogP contribution in [-0.4, -0.2) is 42.5 Å². The van der Waals surface area contributed by atoms with Crippen LogP contribution in [0.1, 0.15) is 17.5 Å². The van der Waals surface area contributed by atoms with Crippen molar-refractivity contribution in [2.24, 2.45) is 5.73 Å². The van der Waals surface area contributed by atoms with E-state index in [4.69, 9.17) is 27.5 Å². The predicted octanol–water partition coefficient (Wildman–Crippen LogP) is 3.37. The third-order valence-electron chi connectivity index (χ3n) is 3.96. The summed E-state index contributed by atoms with van der Waals surface area (Å²) < 4.78 is 43.6. The van der Waals surface area contributed by atoms with Gasteiger partial charge < -0.3 is 15.8 Å². The first-order valence-corrected chi connectivity index (χ1v) is 8.67. The van der Waals surface area contributed by atoms with E-state index >= 15 is 0 Å². The molecule has 27 heavy (non-hydrogen) atoms. The maximum absolute atomic E-state index is 12.6. The van der Waals surface area contributed by atoms with Crippen molar-refractivity contribution in [2.45, 2.75) is 24.2 Å². The molecule has 1 aromatic carbocycles. The van der Waals surface area contributed by atoms with Crippen molar-refractivity contribution in [1.82, 2.24) is 10.2 Å². The van der Waals surface area contributed by atoms with Gasteiger partial charge in [-0.05, 0) is 43.8 Å². The van der Waals surface area contributed by atoms with Gasteiger partial charge >= 0.3 is 6.18 Å². The molecule has 0 aromatic heterocycles. The summed E-state index contributed by atoms with van der Waals surface area (Å²) in [4.78, 5) is 1.88. The molecule has 1 aromatic rings. The standard InChI is InChI=1S/C18H22ClF3N4O/c1-11-15(9-12-3-5-13(6-4-12)18(20,21)22)27-17(25-11)14(19)7-8-26(2)10-16(23)24/h3-6,9,14,17,25H,1,7-8,10H2,2H3,(H3,23,24)/b15-9-. The molecule has 1 aliphatic rings. The molecular formula is C18H22ClF3N4O. The van der Waals surface area contributed by atoms with Crippen LogP contribution in [0.4, 0.5) is 13.2 Å². The SMILES string of the molecule is C=C1NC(C(Cl)CCN(C)CC(=N)N)O/C1=C\c1ccc(C(F)(F)F)cc1. The molecular weight excluding hydrogens is 381 g/mol. The fourth-order valence-electron chi connectivity index (χ4n) is 2.55. The summed E-state index contributed by atoms with van der Waals surface area (Å²) in [5, 5.41) is 9.94. The zero-order valence-electron chi connectivity index (χ0n) is 14.8. The lowest BCUT2D eigenvalue weighted by atomic mass is 10.1. The minimum atomic E-state index is -4.37. The van der Waals surface area contributed by atoms with E-state index in [0.717, 1.165) is 12.1 Å². The number of amidine groups is 1. The molecule has 0 amide bonds. The highest BCUT2D eigenvalue weighted by molar-refractivity contribution is 6.21. The summed E-state index contributed by atoms with van der Waals surface area (Å²) in [5.41, 5.74) is 5.73. The quantitative estimate of drug-likeness (QED) is 0.371. The molecule has 1 saturated heterocycles. The summed E-state index contributed by atoms with van der Waals surface area (Å²) in [5.74, 6) is 0.511. The summed E-state index contributed by atoms with van der Waals surface area (Å²) in [6, 6.07) is 4.78. The van der Waals surface area contributed by atoms with Gasteiger partial charge in [-0.1, -0.05) is 18.7 Å². The number of rotatable bonds is 7. The number of alkyl halides is 4. The average molecular weight is 403 g/mol. The van der Waals surface area contributed by atoms with Gasteiger partial charge in [0.25, 0.3) is 0 Å². The third kappa shape index (κ3) is 6.18. The van der Waals surface area contributed by atoms with Crippen molar-refractivity contribution in [3.05, 3.63) is 53.4 Å². The molecule has 0 aliphatic carbocycles. The van der Waals surface area contributed by atoms with Crippen LogP contribution in [0, 0.1) is 5.41 Å². The summed E-state index contributed by atoms with van der Waals surface area (Å²) in [6.45, 7) is 4.84. The number of nitrogens with two attached hydrogens (primary N) is 1. The van der Waals surface area contributed by atoms with Crippen LogP contribution >= 0.6 is 11.6 Å². The van der Waals surface area contributed by atoms with Crippen molar-refractivity contribution in [3.63, 3.8) is 0 Å². The van der Waals surface area contributed by atoms with Crippen LogP contribution in [0.5, 0.6) is 0 Å². The number of hydrogen-bond acceptors (Lipinski definition) is 4. The van der Waals surface area contributed by atoms with Crippen molar-refractivity contribution in [1.29, 1.82) is 5.41 Å². The fourth-order valence-corrected chi connectivity index (χ4v) is 2.76. The molecule has 0 bridgehead atoms. The number of hydrogen-bond donors (Lipinski definition) is 3. The first kappa shape index (κ1) is 21.1. The topological polar surface area (TPSA) is 74.4 Å². The highest BCUT2D eigenvalue weighted by Gasteiger charge is 2.31. The van der Waals surface area contributed by atoms with E-state index in [0.29, 0.717) is 36.5 Å². The number of benzene rings is 1. The monoisotopic (exact) mass is 402 g/mol. The van der Waals surface area contributed by atoms with Gasteiger partial charge in [0, 0.05) is 0 Å². The van der Waals surface area contributed by atoms with E-state index in [2.05, 4.69) is 11.9 Å². The van der Waals surface area contributed by atoms with Gasteiger partial charge in [0.05, 0.1) is 23.2 Å². The molecule has 2 atom stereocenters. The van der Waals surface area contributed by atoms with Gasteiger partial charge in [0.2, 0.25) is 0 Å². The normalized spacial score (nSPS) is 19.9. The zero-order valence-corrected chi connectivity index (χ0v) is 15.6. The van der Waals surface area contributed by atoms with Gasteiger partial charge in [0.1, 0.15) is 11.6 Å². The number of nitrogens with one attached hydrogen (secondary N) is 2. The van der Waals surface area contributed by atoms with Crippen molar-refractivity contribution < 1.29 is 17.9 Å². The molecule has 5 nitrogen and oxygen atoms in total. The first-order valence-electron chi connectivity index (χ1n) is 8.23. The van der Waals surface area contributed by atoms with Crippen LogP contribution < -0.4 is 11.1 Å². The van der Waals surface area contributed by atoms with Crippen molar-refractivity contribution >= 4 is 23.5 Å². The Hall–Kier alpha value is -2.19. The molecule has 1 heterocycles. The second-order valence-corrected chi connectivity index (χ2v) is 6.92. The molecule has 1 fully saturated rings. The van der Waals surface area contributed by atoms with Gasteiger partial charge in [-0.2, -0.15) is 13.2 Å². The van der Waals surface area contributed by atoms with Crippen LogP contribution in [-0.2, 0) is 10.9 Å². The number of halogens is 4. The molecule has 2 unspecified atom stereocenters. The van der Waals surface area contributed by atoms with Crippen LogP contribution in [0.2, 0.25) is 0 Å². The highest BCUT2D eigenvalue weighted by Crippen LogP contribution is 2.30. The zero-order chi connectivity index (χ0) is 20.2. The van der Waals surface area contributed by atoms with E-state index in [1.165, 1.54) is 12.1 Å². The molecule has 2 rings (SSSR count). The predicted molar refractivity (Wildman–Crippen MR) is 100 cm³/mol.